The lowest BCUT2D eigenvalue weighted by atomic mass is 10.0. The molecule has 1 aliphatic rings. The highest BCUT2D eigenvalue weighted by molar-refractivity contribution is 5.86. The van der Waals surface area contributed by atoms with E-state index >= 15 is 0 Å². The van der Waals surface area contributed by atoms with Gasteiger partial charge in [0.25, 0.3) is 0 Å². The number of anilines is 2. The minimum absolute atomic E-state index is 0.171. The Balaban J connectivity index is 1.13. The summed E-state index contributed by atoms with van der Waals surface area (Å²) in [5.41, 5.74) is 12.2. The summed E-state index contributed by atoms with van der Waals surface area (Å²) in [5, 5.41) is 12.5. The molecule has 4 aromatic heterocycles. The van der Waals surface area contributed by atoms with Crippen LogP contribution in [0.15, 0.2) is 91.4 Å². The molecule has 1 fully saturated rings. The van der Waals surface area contributed by atoms with Crippen LogP contribution in [0.5, 0.6) is 0 Å². The Bertz CT molecular complexity index is 2010. The number of hydrogen-bond donors (Lipinski definition) is 2. The van der Waals surface area contributed by atoms with Crippen LogP contribution in [0.1, 0.15) is 24.2 Å². The third-order valence-corrected chi connectivity index (χ3v) is 8.06. The van der Waals surface area contributed by atoms with E-state index in [1.54, 1.807) is 36.8 Å². The van der Waals surface area contributed by atoms with Crippen molar-refractivity contribution in [3.8, 4) is 34.3 Å². The van der Waals surface area contributed by atoms with Crippen molar-refractivity contribution in [1.82, 2.24) is 34.4 Å². The number of nitriles is 1. The molecule has 0 bridgehead atoms. The van der Waals surface area contributed by atoms with Gasteiger partial charge in [0.15, 0.2) is 11.5 Å². The Kier molecular flexibility index (Phi) is 7.55. The summed E-state index contributed by atoms with van der Waals surface area (Å²) < 4.78 is 15.7. The van der Waals surface area contributed by atoms with Gasteiger partial charge in [-0.15, -0.1) is 0 Å². The molecule has 3 N–H and O–H groups in total. The number of benzene rings is 2. The summed E-state index contributed by atoms with van der Waals surface area (Å²) in [6, 6.07) is 24.7. The van der Waals surface area contributed by atoms with E-state index in [0.29, 0.717) is 34.7 Å². The molecule has 6 aromatic rings. The highest BCUT2D eigenvalue weighted by atomic mass is 19.1. The lowest BCUT2D eigenvalue weighted by molar-refractivity contribution is 0.211. The third kappa shape index (κ3) is 5.91. The van der Waals surface area contributed by atoms with Crippen molar-refractivity contribution in [1.29, 1.82) is 5.26 Å². The molecule has 7 rings (SSSR count). The zero-order valence-electron chi connectivity index (χ0n) is 24.3. The van der Waals surface area contributed by atoms with Crippen LogP contribution in [0.2, 0.25) is 0 Å². The molecule has 222 valence electrons. The SMILES string of the molecule is N#Cc1nccc(NC2CCN(Cc3ccc(-n4c(-c5cccnc5N)nc5ncc(-c6ccc(F)cc6)cc54)cc3)CC2)n1. The van der Waals surface area contributed by atoms with Gasteiger partial charge in [-0.1, -0.05) is 24.3 Å². The number of hydrogen-bond acceptors (Lipinski definition) is 9. The molecule has 0 amide bonds. The summed E-state index contributed by atoms with van der Waals surface area (Å²) >= 11 is 0. The Hall–Kier alpha value is -5.73. The maximum Gasteiger partial charge on any atom is 0.234 e. The second kappa shape index (κ2) is 12.1. The number of fused-ring (bicyclic) bond motifs is 1. The lowest BCUT2D eigenvalue weighted by Gasteiger charge is -2.32. The zero-order valence-corrected chi connectivity index (χ0v) is 24.3. The number of nitrogens with one attached hydrogen (secondary N) is 1. The molecule has 2 aromatic carbocycles. The number of halogens is 1. The van der Waals surface area contributed by atoms with Gasteiger partial charge >= 0.3 is 0 Å². The largest absolute Gasteiger partial charge is 0.383 e. The van der Waals surface area contributed by atoms with Gasteiger partial charge in [0.2, 0.25) is 5.82 Å². The number of nitrogens with two attached hydrogens (primary N) is 1. The fraction of sp³-hybridized carbons (Fsp3) is 0.176. The van der Waals surface area contributed by atoms with E-state index in [2.05, 4.69) is 59.0 Å². The van der Waals surface area contributed by atoms with Crippen LogP contribution < -0.4 is 11.1 Å². The first-order chi connectivity index (χ1) is 22.0. The number of aromatic nitrogens is 6. The van der Waals surface area contributed by atoms with Gasteiger partial charge in [0.1, 0.15) is 23.5 Å². The van der Waals surface area contributed by atoms with E-state index in [-0.39, 0.29) is 11.6 Å². The Morgan fingerprint density at radius 3 is 2.47 bits per heavy atom. The number of imidazole rings is 1. The second-order valence-electron chi connectivity index (χ2n) is 11.0. The average molecular weight is 597 g/mol. The first-order valence-corrected chi connectivity index (χ1v) is 14.7. The van der Waals surface area contributed by atoms with E-state index in [1.165, 1.54) is 17.7 Å². The van der Waals surface area contributed by atoms with Crippen LogP contribution in [-0.2, 0) is 6.54 Å². The molecule has 45 heavy (non-hydrogen) atoms. The fourth-order valence-corrected chi connectivity index (χ4v) is 5.76. The fourth-order valence-electron chi connectivity index (χ4n) is 5.76. The first-order valence-electron chi connectivity index (χ1n) is 14.7. The number of piperidine rings is 1. The first kappa shape index (κ1) is 28.1. The van der Waals surface area contributed by atoms with Crippen molar-refractivity contribution in [3.63, 3.8) is 0 Å². The smallest absolute Gasteiger partial charge is 0.234 e. The summed E-state index contributed by atoms with van der Waals surface area (Å²) in [6.07, 6.45) is 6.97. The number of pyridine rings is 2. The molecule has 10 nitrogen and oxygen atoms in total. The highest BCUT2D eigenvalue weighted by Gasteiger charge is 2.21. The number of likely N-dealkylation sites (tertiary alicyclic amines) is 1. The van der Waals surface area contributed by atoms with Crippen molar-refractivity contribution in [2.75, 3.05) is 24.1 Å². The second-order valence-corrected chi connectivity index (χ2v) is 11.0. The van der Waals surface area contributed by atoms with E-state index in [0.717, 1.165) is 54.8 Å². The standard InChI is InChI=1S/C34H29FN10/c35-25-7-5-23(6-8-25)24-18-29-33(40-20-24)43-34(28-2-1-14-39-32(28)37)45(29)27-9-3-22(4-10-27)21-44-16-12-26(13-17-44)41-30-11-15-38-31(19-36)42-30/h1-11,14-15,18,20,26H,12-13,16-17,21H2,(H2,37,39)(H,38,41,42). The Morgan fingerprint density at radius 2 is 1.71 bits per heavy atom. The Labute approximate surface area is 259 Å². The van der Waals surface area contributed by atoms with Crippen molar-refractivity contribution < 1.29 is 4.39 Å². The quantitative estimate of drug-likeness (QED) is 0.241. The van der Waals surface area contributed by atoms with Gasteiger partial charge < -0.3 is 11.1 Å². The minimum atomic E-state index is -0.286. The predicted molar refractivity (Wildman–Crippen MR) is 171 cm³/mol. The maximum absolute atomic E-state index is 13.6. The number of rotatable bonds is 7. The molecular formula is C34H29FN10. The molecule has 0 spiro atoms. The summed E-state index contributed by atoms with van der Waals surface area (Å²) in [7, 11) is 0. The normalized spacial score (nSPS) is 14.0. The van der Waals surface area contributed by atoms with Crippen LogP contribution in [0.4, 0.5) is 16.0 Å². The molecule has 5 heterocycles. The van der Waals surface area contributed by atoms with Gasteiger partial charge in [-0.05, 0) is 72.5 Å². The lowest BCUT2D eigenvalue weighted by Crippen LogP contribution is -2.38. The van der Waals surface area contributed by atoms with Crippen molar-refractivity contribution >= 4 is 22.8 Å². The third-order valence-electron chi connectivity index (χ3n) is 8.06. The highest BCUT2D eigenvalue weighted by Crippen LogP contribution is 2.32. The van der Waals surface area contributed by atoms with Crippen molar-refractivity contribution in [2.24, 2.45) is 0 Å². The molecule has 0 saturated carbocycles. The predicted octanol–water partition coefficient (Wildman–Crippen LogP) is 5.61. The zero-order chi connectivity index (χ0) is 30.8. The molecule has 0 unspecified atom stereocenters. The maximum atomic E-state index is 13.6. The summed E-state index contributed by atoms with van der Waals surface area (Å²) in [5.74, 6) is 1.60. The minimum Gasteiger partial charge on any atom is -0.383 e. The van der Waals surface area contributed by atoms with E-state index in [1.807, 2.05) is 24.3 Å². The van der Waals surface area contributed by atoms with Crippen LogP contribution in [0, 0.1) is 17.1 Å². The van der Waals surface area contributed by atoms with E-state index in [9.17, 15) is 4.39 Å². The molecule has 0 atom stereocenters. The van der Waals surface area contributed by atoms with Crippen LogP contribution in [0.3, 0.4) is 0 Å². The summed E-state index contributed by atoms with van der Waals surface area (Å²) in [4.78, 5) is 24.4. The average Bonchev–Trinajstić information content (AvgIpc) is 3.45. The van der Waals surface area contributed by atoms with Crippen molar-refractivity contribution in [3.05, 3.63) is 109 Å². The summed E-state index contributed by atoms with van der Waals surface area (Å²) in [6.45, 7) is 2.73. The molecular weight excluding hydrogens is 567 g/mol. The molecule has 0 radical (unpaired) electrons. The van der Waals surface area contributed by atoms with Gasteiger partial charge in [-0.25, -0.2) is 29.3 Å². The monoisotopic (exact) mass is 596 g/mol. The van der Waals surface area contributed by atoms with E-state index < -0.39 is 0 Å². The number of nitrogen functional groups attached to an aromatic ring is 1. The number of nitrogens with zero attached hydrogens (tertiary/aromatic N) is 8. The van der Waals surface area contributed by atoms with Crippen molar-refractivity contribution in [2.45, 2.75) is 25.4 Å². The molecule has 11 heteroatoms. The van der Waals surface area contributed by atoms with Crippen LogP contribution in [0.25, 0.3) is 39.4 Å². The molecule has 1 saturated heterocycles. The van der Waals surface area contributed by atoms with Crippen LogP contribution in [-0.4, -0.2) is 53.5 Å². The van der Waals surface area contributed by atoms with E-state index in [4.69, 9.17) is 16.0 Å². The van der Waals surface area contributed by atoms with Gasteiger partial charge in [-0.2, -0.15) is 5.26 Å². The molecule has 0 aliphatic carbocycles. The van der Waals surface area contributed by atoms with Gasteiger partial charge in [0, 0.05) is 55.5 Å². The van der Waals surface area contributed by atoms with Gasteiger partial charge in [0.05, 0.1) is 11.1 Å². The topological polar surface area (TPSA) is 134 Å². The van der Waals surface area contributed by atoms with Crippen LogP contribution >= 0.6 is 0 Å². The Morgan fingerprint density at radius 1 is 0.911 bits per heavy atom. The van der Waals surface area contributed by atoms with Gasteiger partial charge in [-0.3, -0.25) is 9.47 Å². The molecule has 1 aliphatic heterocycles.